The predicted molar refractivity (Wildman–Crippen MR) is 87.2 cm³/mol. The van der Waals surface area contributed by atoms with Crippen LogP contribution in [0.4, 0.5) is 0 Å². The molecule has 0 aromatic heterocycles. The van der Waals surface area contributed by atoms with Crippen LogP contribution in [0.2, 0.25) is 0 Å². The molecule has 6 rings (SSSR count). The molecule has 6 aliphatic carbocycles. The Labute approximate surface area is 139 Å². The summed E-state index contributed by atoms with van der Waals surface area (Å²) in [6.07, 6.45) is 11.6. The number of carbonyl (C=O) groups excluding carboxylic acids is 1. The van der Waals surface area contributed by atoms with Crippen molar-refractivity contribution in [1.82, 2.24) is 0 Å². The largest absolute Gasteiger partial charge is 0.466 e. The van der Waals surface area contributed by atoms with Crippen LogP contribution in [0.15, 0.2) is 12.2 Å². The molecule has 0 aliphatic heterocycles. The van der Waals surface area contributed by atoms with Crippen LogP contribution in [-0.4, -0.2) is 12.6 Å². The van der Waals surface area contributed by atoms with Gasteiger partial charge in [0.2, 0.25) is 0 Å². The topological polar surface area (TPSA) is 26.3 Å². The van der Waals surface area contributed by atoms with Gasteiger partial charge >= 0.3 is 5.97 Å². The first-order valence-electron chi connectivity index (χ1n) is 10.1. The van der Waals surface area contributed by atoms with E-state index in [2.05, 4.69) is 12.2 Å². The average molecular weight is 312 g/mol. The third-order valence-corrected chi connectivity index (χ3v) is 9.11. The highest BCUT2D eigenvalue weighted by Crippen LogP contribution is 2.76. The zero-order chi connectivity index (χ0) is 15.3. The molecule has 0 aromatic carbocycles. The first-order chi connectivity index (χ1) is 11.3. The van der Waals surface area contributed by atoms with Crippen LogP contribution in [-0.2, 0) is 9.53 Å². The van der Waals surface area contributed by atoms with Gasteiger partial charge in [-0.15, -0.1) is 0 Å². The molecule has 0 amide bonds. The third kappa shape index (κ3) is 1.54. The normalized spacial score (nSPS) is 59.6. The van der Waals surface area contributed by atoms with Gasteiger partial charge in [-0.2, -0.15) is 0 Å². The van der Waals surface area contributed by atoms with Crippen molar-refractivity contribution in [3.05, 3.63) is 12.2 Å². The molecular weight excluding hydrogens is 284 g/mol. The molecule has 0 saturated heterocycles. The van der Waals surface area contributed by atoms with Crippen LogP contribution >= 0.6 is 0 Å². The SMILES string of the molecule is CCOC(=O)CC1CC2CC1C1C3CC(C4C5C=CC(C5)C34)C21. The monoisotopic (exact) mass is 312 g/mol. The Balaban J connectivity index is 1.26. The smallest absolute Gasteiger partial charge is 0.306 e. The zero-order valence-electron chi connectivity index (χ0n) is 14.1. The van der Waals surface area contributed by atoms with Gasteiger partial charge < -0.3 is 4.74 Å². The van der Waals surface area contributed by atoms with Gasteiger partial charge in [-0.1, -0.05) is 12.2 Å². The van der Waals surface area contributed by atoms with Gasteiger partial charge in [0.05, 0.1) is 6.61 Å². The van der Waals surface area contributed by atoms with Gasteiger partial charge in [0.25, 0.3) is 0 Å². The third-order valence-electron chi connectivity index (χ3n) is 9.11. The first-order valence-corrected chi connectivity index (χ1v) is 10.1. The van der Waals surface area contributed by atoms with Crippen molar-refractivity contribution in [3.8, 4) is 0 Å². The second-order valence-electron chi connectivity index (χ2n) is 9.49. The Morgan fingerprint density at radius 1 is 0.913 bits per heavy atom. The van der Waals surface area contributed by atoms with E-state index in [1.165, 1.54) is 19.3 Å². The van der Waals surface area contributed by atoms with Crippen LogP contribution < -0.4 is 0 Å². The van der Waals surface area contributed by atoms with Crippen molar-refractivity contribution in [1.29, 1.82) is 0 Å². The van der Waals surface area contributed by atoms with Crippen LogP contribution in [0.5, 0.6) is 0 Å². The lowest BCUT2D eigenvalue weighted by Crippen LogP contribution is -2.42. The summed E-state index contributed by atoms with van der Waals surface area (Å²) in [6.45, 7) is 2.46. The predicted octanol–water partition coefficient (Wildman–Crippen LogP) is 3.92. The summed E-state index contributed by atoms with van der Waals surface area (Å²) < 4.78 is 5.25. The fraction of sp³-hybridized carbons (Fsp3) is 0.857. The summed E-state index contributed by atoms with van der Waals surface area (Å²) in [5.74, 6) is 10.5. The first kappa shape index (κ1) is 13.5. The van der Waals surface area contributed by atoms with Gasteiger partial charge in [-0.3, -0.25) is 4.79 Å². The van der Waals surface area contributed by atoms with Crippen LogP contribution in [0, 0.1) is 65.1 Å². The lowest BCUT2D eigenvalue weighted by molar-refractivity contribution is -0.145. The van der Waals surface area contributed by atoms with E-state index in [1.807, 2.05) is 6.92 Å². The Hall–Kier alpha value is -0.790. The van der Waals surface area contributed by atoms with E-state index in [0.29, 0.717) is 18.9 Å². The van der Waals surface area contributed by atoms with E-state index in [4.69, 9.17) is 4.74 Å². The lowest BCUT2D eigenvalue weighted by atomic mass is 9.59. The molecule has 23 heavy (non-hydrogen) atoms. The number of allylic oxidation sites excluding steroid dienone is 2. The molecule has 0 N–H and O–H groups in total. The lowest BCUT2D eigenvalue weighted by Gasteiger charge is -2.45. The van der Waals surface area contributed by atoms with Gasteiger partial charge in [-0.25, -0.2) is 0 Å². The number of hydrogen-bond acceptors (Lipinski definition) is 2. The molecule has 6 bridgehead atoms. The number of ether oxygens (including phenoxy) is 1. The van der Waals surface area contributed by atoms with E-state index < -0.39 is 0 Å². The van der Waals surface area contributed by atoms with Crippen LogP contribution in [0.25, 0.3) is 0 Å². The van der Waals surface area contributed by atoms with E-state index >= 15 is 0 Å². The summed E-state index contributed by atoms with van der Waals surface area (Å²) in [5.41, 5.74) is 0. The van der Waals surface area contributed by atoms with E-state index in [1.54, 1.807) is 6.42 Å². The number of rotatable bonds is 3. The second kappa shape index (κ2) is 4.43. The van der Waals surface area contributed by atoms with Crippen molar-refractivity contribution < 1.29 is 9.53 Å². The number of fused-ring (bicyclic) bond motifs is 16. The van der Waals surface area contributed by atoms with E-state index in [-0.39, 0.29) is 5.97 Å². The van der Waals surface area contributed by atoms with Crippen LogP contribution in [0.1, 0.15) is 39.0 Å². The summed E-state index contributed by atoms with van der Waals surface area (Å²) in [6, 6.07) is 0. The molecule has 124 valence electrons. The maximum atomic E-state index is 12.0. The minimum atomic E-state index is 0.0606. The quantitative estimate of drug-likeness (QED) is 0.448. The van der Waals surface area contributed by atoms with Crippen molar-refractivity contribution in [3.63, 3.8) is 0 Å². The molecule has 5 fully saturated rings. The number of carbonyl (C=O) groups is 1. The molecule has 0 heterocycles. The highest BCUT2D eigenvalue weighted by molar-refractivity contribution is 5.69. The molecule has 2 nitrogen and oxygen atoms in total. The molecular formula is C21H28O2. The molecule has 5 saturated carbocycles. The van der Waals surface area contributed by atoms with E-state index in [0.717, 1.165) is 59.2 Å². The molecule has 11 atom stereocenters. The van der Waals surface area contributed by atoms with Gasteiger partial charge in [0.1, 0.15) is 0 Å². The highest BCUT2D eigenvalue weighted by atomic mass is 16.5. The fourth-order valence-corrected chi connectivity index (χ4v) is 9.05. The Bertz CT molecular complexity index is 580. The Morgan fingerprint density at radius 2 is 1.65 bits per heavy atom. The average Bonchev–Trinajstić information content (AvgIpc) is 3.31. The highest BCUT2D eigenvalue weighted by Gasteiger charge is 2.70. The minimum absolute atomic E-state index is 0.0606. The fourth-order valence-electron chi connectivity index (χ4n) is 9.05. The van der Waals surface area contributed by atoms with Gasteiger partial charge in [-0.05, 0) is 97.7 Å². The van der Waals surface area contributed by atoms with Crippen molar-refractivity contribution in [2.75, 3.05) is 6.61 Å². The van der Waals surface area contributed by atoms with Crippen molar-refractivity contribution in [2.45, 2.75) is 39.0 Å². The van der Waals surface area contributed by atoms with Gasteiger partial charge in [0, 0.05) is 6.42 Å². The van der Waals surface area contributed by atoms with E-state index in [9.17, 15) is 4.79 Å². The Kier molecular flexibility index (Phi) is 2.60. The molecule has 0 radical (unpaired) electrons. The van der Waals surface area contributed by atoms with Crippen molar-refractivity contribution in [2.24, 2.45) is 65.1 Å². The van der Waals surface area contributed by atoms with Gasteiger partial charge in [0.15, 0.2) is 0 Å². The number of esters is 1. The second-order valence-corrected chi connectivity index (χ2v) is 9.49. The maximum Gasteiger partial charge on any atom is 0.306 e. The zero-order valence-corrected chi connectivity index (χ0v) is 14.1. The summed E-state index contributed by atoms with van der Waals surface area (Å²) in [7, 11) is 0. The molecule has 0 spiro atoms. The summed E-state index contributed by atoms with van der Waals surface area (Å²) >= 11 is 0. The maximum absolute atomic E-state index is 12.0. The standard InChI is InChI=1S/C21H28O2/c1-2-23-17(22)8-12-6-13-7-14(12)21-16-9-15(20(13)21)18-10-3-4-11(5-10)19(16)18/h3-4,10-16,18-21H,2,5-9H2,1H3. The molecule has 0 aromatic rings. The summed E-state index contributed by atoms with van der Waals surface area (Å²) in [5, 5.41) is 0. The summed E-state index contributed by atoms with van der Waals surface area (Å²) in [4.78, 5) is 12.0. The molecule has 6 aliphatic rings. The number of hydrogen-bond donors (Lipinski definition) is 0. The Morgan fingerprint density at radius 3 is 2.39 bits per heavy atom. The molecule has 2 heteroatoms. The van der Waals surface area contributed by atoms with Crippen molar-refractivity contribution >= 4 is 5.97 Å². The molecule has 11 unspecified atom stereocenters. The minimum Gasteiger partial charge on any atom is -0.466 e. The van der Waals surface area contributed by atoms with Crippen LogP contribution in [0.3, 0.4) is 0 Å².